The Hall–Kier alpha value is -2.76. The molecule has 116 valence electrons. The van der Waals surface area contributed by atoms with E-state index in [2.05, 4.69) is 10.2 Å². The van der Waals surface area contributed by atoms with E-state index in [1.165, 1.54) is 0 Å². The van der Waals surface area contributed by atoms with Crippen molar-refractivity contribution in [3.8, 4) is 17.2 Å². The number of nitrogens with two attached hydrogens (primary N) is 1. The molecule has 0 saturated carbocycles. The maximum Gasteiger partial charge on any atom is 0.146 e. The van der Waals surface area contributed by atoms with Gasteiger partial charge in [0.2, 0.25) is 0 Å². The molecule has 2 rings (SSSR count). The summed E-state index contributed by atoms with van der Waals surface area (Å²) in [4.78, 5) is 0. The topological polar surface area (TPSA) is 78.4 Å². The molecule has 0 aliphatic heterocycles. The van der Waals surface area contributed by atoms with E-state index >= 15 is 0 Å². The van der Waals surface area contributed by atoms with Gasteiger partial charge in [-0.1, -0.05) is 0 Å². The molecule has 0 bridgehead atoms. The van der Waals surface area contributed by atoms with E-state index in [1.54, 1.807) is 51.7 Å². The maximum absolute atomic E-state index is 5.86. The van der Waals surface area contributed by atoms with Crippen LogP contribution in [0.3, 0.4) is 0 Å². The molecule has 2 N–H and O–H groups in total. The van der Waals surface area contributed by atoms with Crippen molar-refractivity contribution in [2.24, 2.45) is 10.2 Å². The predicted molar refractivity (Wildman–Crippen MR) is 85.9 cm³/mol. The van der Waals surface area contributed by atoms with Crippen LogP contribution in [0, 0.1) is 6.92 Å². The standard InChI is InChI=1S/C16H19N3O3/c1-10-7-12(17)16(22-4)9-13(10)18-19-14-8-11(20-2)5-6-15(14)21-3/h5-9H,17H2,1-4H3. The Kier molecular flexibility index (Phi) is 4.83. The lowest BCUT2D eigenvalue weighted by molar-refractivity contribution is 0.404. The summed E-state index contributed by atoms with van der Waals surface area (Å²) < 4.78 is 15.7. The molecule has 0 heterocycles. The third kappa shape index (κ3) is 3.28. The van der Waals surface area contributed by atoms with Gasteiger partial charge in [-0.2, -0.15) is 5.11 Å². The minimum absolute atomic E-state index is 0.567. The second kappa shape index (κ2) is 6.80. The van der Waals surface area contributed by atoms with Crippen LogP contribution in [0.25, 0.3) is 0 Å². The lowest BCUT2D eigenvalue weighted by atomic mass is 10.1. The molecule has 2 aromatic rings. The molecule has 2 aromatic carbocycles. The fourth-order valence-electron chi connectivity index (χ4n) is 1.97. The summed E-state index contributed by atoms with van der Waals surface area (Å²) >= 11 is 0. The van der Waals surface area contributed by atoms with Crippen molar-refractivity contribution < 1.29 is 14.2 Å². The van der Waals surface area contributed by atoms with Crippen LogP contribution in [0.5, 0.6) is 17.2 Å². The molecule has 0 fully saturated rings. The zero-order valence-corrected chi connectivity index (χ0v) is 13.1. The van der Waals surface area contributed by atoms with Crippen molar-refractivity contribution in [2.45, 2.75) is 6.92 Å². The number of methoxy groups -OCH3 is 3. The van der Waals surface area contributed by atoms with Crippen molar-refractivity contribution in [3.63, 3.8) is 0 Å². The molecule has 6 heteroatoms. The summed E-state index contributed by atoms with van der Waals surface area (Å²) in [6, 6.07) is 8.89. The lowest BCUT2D eigenvalue weighted by Gasteiger charge is -2.08. The number of nitrogens with zero attached hydrogens (tertiary/aromatic N) is 2. The Balaban J connectivity index is 2.40. The Morgan fingerprint density at radius 1 is 0.818 bits per heavy atom. The van der Waals surface area contributed by atoms with Crippen LogP contribution < -0.4 is 19.9 Å². The van der Waals surface area contributed by atoms with Gasteiger partial charge in [0, 0.05) is 12.1 Å². The third-order valence-electron chi connectivity index (χ3n) is 3.20. The van der Waals surface area contributed by atoms with E-state index in [1.807, 2.05) is 6.92 Å². The van der Waals surface area contributed by atoms with Crippen molar-refractivity contribution in [1.82, 2.24) is 0 Å². The van der Waals surface area contributed by atoms with E-state index in [-0.39, 0.29) is 0 Å². The Bertz CT molecular complexity index is 699. The van der Waals surface area contributed by atoms with Crippen LogP contribution >= 0.6 is 0 Å². The van der Waals surface area contributed by atoms with Gasteiger partial charge in [0.15, 0.2) is 0 Å². The fraction of sp³-hybridized carbons (Fsp3) is 0.250. The van der Waals surface area contributed by atoms with E-state index in [9.17, 15) is 0 Å². The molecule has 0 radical (unpaired) electrons. The molecule has 0 amide bonds. The summed E-state index contributed by atoms with van der Waals surface area (Å²) in [5.41, 5.74) is 8.59. The monoisotopic (exact) mass is 301 g/mol. The highest BCUT2D eigenvalue weighted by molar-refractivity contribution is 5.63. The first-order chi connectivity index (χ1) is 10.6. The number of ether oxygens (including phenoxy) is 3. The number of hydrogen-bond acceptors (Lipinski definition) is 6. The Morgan fingerprint density at radius 3 is 2.14 bits per heavy atom. The molecule has 0 spiro atoms. The lowest BCUT2D eigenvalue weighted by Crippen LogP contribution is -1.92. The van der Waals surface area contributed by atoms with Gasteiger partial charge < -0.3 is 19.9 Å². The number of nitrogen functional groups attached to an aromatic ring is 1. The number of hydrogen-bond donors (Lipinski definition) is 1. The molecule has 0 aromatic heterocycles. The van der Waals surface area contributed by atoms with Crippen LogP contribution in [0.1, 0.15) is 5.56 Å². The molecular formula is C16H19N3O3. The van der Waals surface area contributed by atoms with Gasteiger partial charge in [0.05, 0.1) is 32.7 Å². The van der Waals surface area contributed by atoms with Gasteiger partial charge in [-0.15, -0.1) is 5.11 Å². The molecule has 0 aliphatic carbocycles. The number of anilines is 1. The Labute approximate surface area is 129 Å². The van der Waals surface area contributed by atoms with Crippen molar-refractivity contribution in [1.29, 1.82) is 0 Å². The minimum atomic E-state index is 0.567. The first kappa shape index (κ1) is 15.6. The van der Waals surface area contributed by atoms with E-state index in [4.69, 9.17) is 19.9 Å². The minimum Gasteiger partial charge on any atom is -0.497 e. The third-order valence-corrected chi connectivity index (χ3v) is 3.20. The second-order valence-corrected chi connectivity index (χ2v) is 4.62. The van der Waals surface area contributed by atoms with E-state index < -0.39 is 0 Å². The molecule has 0 atom stereocenters. The molecule has 0 aliphatic rings. The zero-order chi connectivity index (χ0) is 16.1. The highest BCUT2D eigenvalue weighted by atomic mass is 16.5. The summed E-state index contributed by atoms with van der Waals surface area (Å²) in [5, 5.41) is 8.51. The van der Waals surface area contributed by atoms with E-state index in [0.717, 1.165) is 5.56 Å². The quantitative estimate of drug-likeness (QED) is 0.668. The maximum atomic E-state index is 5.86. The van der Waals surface area contributed by atoms with E-state index in [0.29, 0.717) is 34.3 Å². The first-order valence-electron chi connectivity index (χ1n) is 6.67. The number of aryl methyl sites for hydroxylation is 1. The average Bonchev–Trinajstić information content (AvgIpc) is 2.53. The van der Waals surface area contributed by atoms with Gasteiger partial charge in [0.25, 0.3) is 0 Å². The van der Waals surface area contributed by atoms with Gasteiger partial charge in [-0.3, -0.25) is 0 Å². The van der Waals surface area contributed by atoms with Gasteiger partial charge in [-0.25, -0.2) is 0 Å². The number of rotatable bonds is 5. The number of azo groups is 1. The van der Waals surface area contributed by atoms with Crippen LogP contribution in [0.2, 0.25) is 0 Å². The highest BCUT2D eigenvalue weighted by Gasteiger charge is 2.07. The number of benzene rings is 2. The highest BCUT2D eigenvalue weighted by Crippen LogP contribution is 2.35. The van der Waals surface area contributed by atoms with Crippen molar-refractivity contribution >= 4 is 17.1 Å². The van der Waals surface area contributed by atoms with Crippen molar-refractivity contribution in [3.05, 3.63) is 35.9 Å². The Morgan fingerprint density at radius 2 is 1.50 bits per heavy atom. The predicted octanol–water partition coefficient (Wildman–Crippen LogP) is 4.02. The van der Waals surface area contributed by atoms with Crippen LogP contribution in [0.15, 0.2) is 40.6 Å². The van der Waals surface area contributed by atoms with Gasteiger partial charge in [-0.05, 0) is 30.7 Å². The fourth-order valence-corrected chi connectivity index (χ4v) is 1.97. The SMILES string of the molecule is COc1ccc(OC)c(N=Nc2cc(OC)c(N)cc2C)c1. The first-order valence-corrected chi connectivity index (χ1v) is 6.67. The molecule has 22 heavy (non-hydrogen) atoms. The average molecular weight is 301 g/mol. The molecule has 0 unspecified atom stereocenters. The summed E-state index contributed by atoms with van der Waals surface area (Å²) in [5.74, 6) is 1.86. The molecule has 6 nitrogen and oxygen atoms in total. The van der Waals surface area contributed by atoms with Crippen LogP contribution in [-0.2, 0) is 0 Å². The zero-order valence-electron chi connectivity index (χ0n) is 13.1. The summed E-state index contributed by atoms with van der Waals surface area (Å²) in [6.07, 6.45) is 0. The largest absolute Gasteiger partial charge is 0.497 e. The second-order valence-electron chi connectivity index (χ2n) is 4.62. The van der Waals surface area contributed by atoms with Gasteiger partial charge in [0.1, 0.15) is 22.9 Å². The van der Waals surface area contributed by atoms with Gasteiger partial charge >= 0.3 is 0 Å². The van der Waals surface area contributed by atoms with Crippen molar-refractivity contribution in [2.75, 3.05) is 27.1 Å². The molecule has 0 saturated heterocycles. The summed E-state index contributed by atoms with van der Waals surface area (Å²) in [7, 11) is 4.74. The smallest absolute Gasteiger partial charge is 0.146 e. The summed E-state index contributed by atoms with van der Waals surface area (Å²) in [6.45, 7) is 1.91. The normalized spacial score (nSPS) is 10.7. The van der Waals surface area contributed by atoms with Crippen LogP contribution in [0.4, 0.5) is 17.1 Å². The van der Waals surface area contributed by atoms with Crippen LogP contribution in [-0.4, -0.2) is 21.3 Å². The molecular weight excluding hydrogens is 282 g/mol.